The predicted molar refractivity (Wildman–Crippen MR) is 68.7 cm³/mol. The van der Waals surface area contributed by atoms with Gasteiger partial charge in [0.05, 0.1) is 6.10 Å². The van der Waals surface area contributed by atoms with Crippen LogP contribution in [0.15, 0.2) is 0 Å². The number of amides is 1. The minimum Gasteiger partial charge on any atom is -0.392 e. The summed E-state index contributed by atoms with van der Waals surface area (Å²) >= 11 is 0. The molecular formula is C13H26N2O2. The van der Waals surface area contributed by atoms with Crippen LogP contribution < -0.4 is 10.6 Å². The Hall–Kier alpha value is -0.610. The minimum absolute atomic E-state index is 0.122. The van der Waals surface area contributed by atoms with Crippen LogP contribution in [0.25, 0.3) is 0 Å². The van der Waals surface area contributed by atoms with E-state index in [0.29, 0.717) is 18.9 Å². The molecule has 17 heavy (non-hydrogen) atoms. The first-order valence-corrected chi connectivity index (χ1v) is 6.85. The molecule has 1 aliphatic heterocycles. The molecule has 4 nitrogen and oxygen atoms in total. The first-order valence-electron chi connectivity index (χ1n) is 6.85. The SMILES string of the molecule is CCC(CC)C(O)CNC1CCCNC(=O)C1. The van der Waals surface area contributed by atoms with E-state index in [0.717, 1.165) is 32.2 Å². The van der Waals surface area contributed by atoms with Crippen molar-refractivity contribution in [3.63, 3.8) is 0 Å². The molecule has 0 spiro atoms. The zero-order valence-corrected chi connectivity index (χ0v) is 11.0. The van der Waals surface area contributed by atoms with E-state index >= 15 is 0 Å². The van der Waals surface area contributed by atoms with Crippen LogP contribution in [0.4, 0.5) is 0 Å². The lowest BCUT2D eigenvalue weighted by Gasteiger charge is -2.23. The van der Waals surface area contributed by atoms with Crippen LogP contribution in [0.3, 0.4) is 0 Å². The Morgan fingerprint density at radius 3 is 2.82 bits per heavy atom. The van der Waals surface area contributed by atoms with Gasteiger partial charge in [0.2, 0.25) is 5.91 Å². The summed E-state index contributed by atoms with van der Waals surface area (Å²) in [7, 11) is 0. The van der Waals surface area contributed by atoms with E-state index in [9.17, 15) is 9.90 Å². The van der Waals surface area contributed by atoms with E-state index in [1.165, 1.54) is 0 Å². The van der Waals surface area contributed by atoms with Gasteiger partial charge in [0.25, 0.3) is 0 Å². The average Bonchev–Trinajstić information content (AvgIpc) is 2.52. The lowest BCUT2D eigenvalue weighted by atomic mass is 9.96. The van der Waals surface area contributed by atoms with Crippen LogP contribution in [0.5, 0.6) is 0 Å². The lowest BCUT2D eigenvalue weighted by Crippen LogP contribution is -2.39. The third kappa shape index (κ3) is 5.04. The van der Waals surface area contributed by atoms with E-state index in [1.54, 1.807) is 0 Å². The zero-order chi connectivity index (χ0) is 12.7. The van der Waals surface area contributed by atoms with Gasteiger partial charge in [0, 0.05) is 25.6 Å². The highest BCUT2D eigenvalue weighted by Gasteiger charge is 2.20. The van der Waals surface area contributed by atoms with Crippen molar-refractivity contribution in [3.8, 4) is 0 Å². The number of aliphatic hydroxyl groups is 1. The van der Waals surface area contributed by atoms with Crippen molar-refractivity contribution < 1.29 is 9.90 Å². The van der Waals surface area contributed by atoms with Crippen molar-refractivity contribution in [2.45, 2.75) is 58.1 Å². The lowest BCUT2D eigenvalue weighted by molar-refractivity contribution is -0.121. The molecule has 1 fully saturated rings. The Bertz CT molecular complexity index is 229. The maximum absolute atomic E-state index is 11.4. The van der Waals surface area contributed by atoms with E-state index < -0.39 is 0 Å². The van der Waals surface area contributed by atoms with Gasteiger partial charge >= 0.3 is 0 Å². The summed E-state index contributed by atoms with van der Waals surface area (Å²) in [5.41, 5.74) is 0. The molecule has 4 heteroatoms. The van der Waals surface area contributed by atoms with E-state index in [2.05, 4.69) is 24.5 Å². The maximum Gasteiger partial charge on any atom is 0.221 e. The molecule has 1 heterocycles. The van der Waals surface area contributed by atoms with Gasteiger partial charge in [-0.25, -0.2) is 0 Å². The molecule has 2 atom stereocenters. The molecule has 0 radical (unpaired) electrons. The second-order valence-electron chi connectivity index (χ2n) is 4.95. The van der Waals surface area contributed by atoms with Crippen molar-refractivity contribution in [2.24, 2.45) is 5.92 Å². The van der Waals surface area contributed by atoms with Crippen LogP contribution in [0, 0.1) is 5.92 Å². The molecule has 1 rings (SSSR count). The Labute approximate surface area is 104 Å². The van der Waals surface area contributed by atoms with Gasteiger partial charge in [-0.05, 0) is 18.8 Å². The zero-order valence-electron chi connectivity index (χ0n) is 11.0. The van der Waals surface area contributed by atoms with Crippen LogP contribution >= 0.6 is 0 Å². The summed E-state index contributed by atoms with van der Waals surface area (Å²) in [6, 6.07) is 0.224. The van der Waals surface area contributed by atoms with Gasteiger partial charge in [-0.15, -0.1) is 0 Å². The summed E-state index contributed by atoms with van der Waals surface area (Å²) in [5.74, 6) is 0.485. The molecule has 1 aliphatic rings. The fraction of sp³-hybridized carbons (Fsp3) is 0.923. The summed E-state index contributed by atoms with van der Waals surface area (Å²) in [6.07, 6.45) is 4.28. The highest BCUT2D eigenvalue weighted by molar-refractivity contribution is 5.76. The molecule has 1 amide bonds. The van der Waals surface area contributed by atoms with E-state index in [1.807, 2.05) is 0 Å². The smallest absolute Gasteiger partial charge is 0.221 e. The van der Waals surface area contributed by atoms with Crippen LogP contribution in [0.2, 0.25) is 0 Å². The summed E-state index contributed by atoms with van der Waals surface area (Å²) < 4.78 is 0. The number of rotatable bonds is 6. The first-order chi connectivity index (χ1) is 8.17. The quantitative estimate of drug-likeness (QED) is 0.652. The molecule has 0 aromatic heterocycles. The molecular weight excluding hydrogens is 216 g/mol. The molecule has 100 valence electrons. The van der Waals surface area contributed by atoms with Crippen LogP contribution in [-0.2, 0) is 4.79 Å². The standard InChI is InChI=1S/C13H26N2O2/c1-3-10(4-2)12(16)9-15-11-6-5-7-14-13(17)8-11/h10-12,15-16H,3-9H2,1-2H3,(H,14,17). The van der Waals surface area contributed by atoms with Crippen molar-refractivity contribution in [2.75, 3.05) is 13.1 Å². The number of aliphatic hydroxyl groups excluding tert-OH is 1. The third-order valence-electron chi connectivity index (χ3n) is 3.69. The second kappa shape index (κ2) is 7.67. The average molecular weight is 242 g/mol. The highest BCUT2D eigenvalue weighted by Crippen LogP contribution is 2.13. The first kappa shape index (κ1) is 14.5. The van der Waals surface area contributed by atoms with Gasteiger partial charge in [0.1, 0.15) is 0 Å². The largest absolute Gasteiger partial charge is 0.392 e. The van der Waals surface area contributed by atoms with Crippen molar-refractivity contribution in [1.82, 2.24) is 10.6 Å². The molecule has 0 aliphatic carbocycles. The Balaban J connectivity index is 2.30. The Kier molecular flexibility index (Phi) is 6.52. The maximum atomic E-state index is 11.4. The van der Waals surface area contributed by atoms with Crippen molar-refractivity contribution >= 4 is 5.91 Å². The topological polar surface area (TPSA) is 61.4 Å². The number of carbonyl (C=O) groups excluding carboxylic acids is 1. The predicted octanol–water partition coefficient (Wildman–Crippen LogP) is 1.04. The minimum atomic E-state index is -0.295. The molecule has 1 saturated heterocycles. The van der Waals surface area contributed by atoms with E-state index in [4.69, 9.17) is 0 Å². The normalized spacial score (nSPS) is 23.3. The molecule has 0 bridgehead atoms. The number of hydrogen-bond acceptors (Lipinski definition) is 3. The second-order valence-corrected chi connectivity index (χ2v) is 4.95. The Morgan fingerprint density at radius 2 is 2.18 bits per heavy atom. The van der Waals surface area contributed by atoms with Gasteiger partial charge in [0.15, 0.2) is 0 Å². The van der Waals surface area contributed by atoms with Gasteiger partial charge in [-0.2, -0.15) is 0 Å². The molecule has 2 unspecified atom stereocenters. The molecule has 0 aromatic carbocycles. The van der Waals surface area contributed by atoms with E-state index in [-0.39, 0.29) is 18.1 Å². The number of nitrogens with one attached hydrogen (secondary N) is 2. The molecule has 0 saturated carbocycles. The molecule has 0 aromatic rings. The van der Waals surface area contributed by atoms with Gasteiger partial charge in [-0.3, -0.25) is 4.79 Å². The Morgan fingerprint density at radius 1 is 1.47 bits per heavy atom. The van der Waals surface area contributed by atoms with Crippen LogP contribution in [-0.4, -0.2) is 36.2 Å². The van der Waals surface area contributed by atoms with Crippen LogP contribution in [0.1, 0.15) is 46.0 Å². The van der Waals surface area contributed by atoms with Gasteiger partial charge in [-0.1, -0.05) is 26.7 Å². The molecule has 3 N–H and O–H groups in total. The fourth-order valence-electron chi connectivity index (χ4n) is 2.44. The summed E-state index contributed by atoms with van der Waals surface area (Å²) in [6.45, 7) is 5.60. The fourth-order valence-corrected chi connectivity index (χ4v) is 2.44. The van der Waals surface area contributed by atoms with Crippen molar-refractivity contribution in [3.05, 3.63) is 0 Å². The van der Waals surface area contributed by atoms with Crippen molar-refractivity contribution in [1.29, 1.82) is 0 Å². The monoisotopic (exact) mass is 242 g/mol. The summed E-state index contributed by atoms with van der Waals surface area (Å²) in [5, 5.41) is 16.2. The van der Waals surface area contributed by atoms with Gasteiger partial charge < -0.3 is 15.7 Å². The number of carbonyl (C=O) groups is 1. The summed E-state index contributed by atoms with van der Waals surface area (Å²) in [4.78, 5) is 11.4. The third-order valence-corrected chi connectivity index (χ3v) is 3.69. The highest BCUT2D eigenvalue weighted by atomic mass is 16.3. The number of hydrogen-bond donors (Lipinski definition) is 3.